The fourth-order valence-corrected chi connectivity index (χ4v) is 1.39. The predicted octanol–water partition coefficient (Wildman–Crippen LogP) is 1.80. The van der Waals surface area contributed by atoms with Crippen LogP contribution in [0.15, 0.2) is 23.1 Å². The summed E-state index contributed by atoms with van der Waals surface area (Å²) in [6, 6.07) is 3.98. The van der Waals surface area contributed by atoms with Gasteiger partial charge in [0.25, 0.3) is 0 Å². The Morgan fingerprint density at radius 1 is 1.45 bits per heavy atom. The van der Waals surface area contributed by atoms with E-state index in [2.05, 4.69) is 26.1 Å². The summed E-state index contributed by atoms with van der Waals surface area (Å²) in [5.74, 6) is 0. The SMILES string of the molecule is Cc1cccn2c(Br)nnc12. The molecule has 2 aromatic rings. The Morgan fingerprint density at radius 3 is 3.00 bits per heavy atom. The van der Waals surface area contributed by atoms with E-state index in [0.29, 0.717) is 0 Å². The molecule has 0 aliphatic carbocycles. The fourth-order valence-electron chi connectivity index (χ4n) is 1.02. The molecule has 0 aromatic carbocycles. The third-order valence-corrected chi connectivity index (χ3v) is 2.13. The van der Waals surface area contributed by atoms with Gasteiger partial charge in [0.1, 0.15) is 0 Å². The zero-order valence-electron chi connectivity index (χ0n) is 5.95. The van der Waals surface area contributed by atoms with Crippen molar-refractivity contribution in [2.45, 2.75) is 6.92 Å². The van der Waals surface area contributed by atoms with Crippen LogP contribution in [0.1, 0.15) is 5.56 Å². The highest BCUT2D eigenvalue weighted by Crippen LogP contribution is 2.11. The van der Waals surface area contributed by atoms with E-state index in [1.165, 1.54) is 0 Å². The van der Waals surface area contributed by atoms with Crippen LogP contribution < -0.4 is 0 Å². The molecule has 0 amide bonds. The highest BCUT2D eigenvalue weighted by molar-refractivity contribution is 9.10. The topological polar surface area (TPSA) is 30.2 Å². The van der Waals surface area contributed by atoms with Crippen molar-refractivity contribution in [1.82, 2.24) is 14.6 Å². The summed E-state index contributed by atoms with van der Waals surface area (Å²) in [6.45, 7) is 2.01. The van der Waals surface area contributed by atoms with Crippen molar-refractivity contribution >= 4 is 21.6 Å². The summed E-state index contributed by atoms with van der Waals surface area (Å²) < 4.78 is 2.64. The lowest BCUT2D eigenvalue weighted by Crippen LogP contribution is -1.85. The number of nitrogens with zero attached hydrogens (tertiary/aromatic N) is 3. The lowest BCUT2D eigenvalue weighted by molar-refractivity contribution is 1.05. The average molecular weight is 212 g/mol. The van der Waals surface area contributed by atoms with Gasteiger partial charge >= 0.3 is 0 Å². The molecule has 2 rings (SSSR count). The molecule has 0 bridgehead atoms. The first-order chi connectivity index (χ1) is 5.29. The maximum atomic E-state index is 3.98. The first-order valence-electron chi connectivity index (χ1n) is 3.25. The van der Waals surface area contributed by atoms with Crippen molar-refractivity contribution in [3.05, 3.63) is 28.6 Å². The molecule has 0 saturated carbocycles. The molecule has 11 heavy (non-hydrogen) atoms. The second kappa shape index (κ2) is 2.30. The van der Waals surface area contributed by atoms with E-state index in [-0.39, 0.29) is 0 Å². The van der Waals surface area contributed by atoms with Crippen LogP contribution in [0.4, 0.5) is 0 Å². The number of hydrogen-bond donors (Lipinski definition) is 0. The van der Waals surface area contributed by atoms with Gasteiger partial charge in [0.05, 0.1) is 0 Å². The van der Waals surface area contributed by atoms with Gasteiger partial charge in [0.15, 0.2) is 5.65 Å². The second-order valence-electron chi connectivity index (χ2n) is 2.35. The summed E-state index contributed by atoms with van der Waals surface area (Å²) in [4.78, 5) is 0. The maximum absolute atomic E-state index is 3.98. The zero-order valence-corrected chi connectivity index (χ0v) is 7.54. The summed E-state index contributed by atoms with van der Waals surface area (Å²) in [5, 5.41) is 7.87. The zero-order chi connectivity index (χ0) is 7.84. The number of halogens is 1. The van der Waals surface area contributed by atoms with Gasteiger partial charge in [0.2, 0.25) is 4.73 Å². The lowest BCUT2D eigenvalue weighted by Gasteiger charge is -1.94. The number of pyridine rings is 1. The Kier molecular flexibility index (Phi) is 1.42. The van der Waals surface area contributed by atoms with Gasteiger partial charge in [-0.3, -0.25) is 4.40 Å². The van der Waals surface area contributed by atoms with E-state index in [4.69, 9.17) is 0 Å². The summed E-state index contributed by atoms with van der Waals surface area (Å²) in [7, 11) is 0. The molecule has 0 spiro atoms. The quantitative estimate of drug-likeness (QED) is 0.666. The molecule has 2 heterocycles. The molecule has 0 fully saturated rings. The molecule has 0 atom stereocenters. The van der Waals surface area contributed by atoms with Crippen molar-refractivity contribution < 1.29 is 0 Å². The third-order valence-electron chi connectivity index (χ3n) is 1.59. The van der Waals surface area contributed by atoms with Gasteiger partial charge < -0.3 is 0 Å². The van der Waals surface area contributed by atoms with Gasteiger partial charge in [-0.2, -0.15) is 0 Å². The molecule has 0 aliphatic rings. The maximum Gasteiger partial charge on any atom is 0.204 e. The average Bonchev–Trinajstić information content (AvgIpc) is 2.35. The number of hydrogen-bond acceptors (Lipinski definition) is 2. The van der Waals surface area contributed by atoms with Crippen LogP contribution in [0.2, 0.25) is 0 Å². The van der Waals surface area contributed by atoms with Gasteiger partial charge in [-0.1, -0.05) is 6.07 Å². The smallest absolute Gasteiger partial charge is 0.204 e. The number of rotatable bonds is 0. The summed E-state index contributed by atoms with van der Waals surface area (Å²) >= 11 is 3.29. The molecular formula is C7H6BrN3. The first-order valence-corrected chi connectivity index (χ1v) is 4.04. The Balaban J connectivity index is 2.94. The van der Waals surface area contributed by atoms with Crippen LogP contribution in [0.5, 0.6) is 0 Å². The highest BCUT2D eigenvalue weighted by Gasteiger charge is 2.01. The van der Waals surface area contributed by atoms with Gasteiger partial charge in [-0.25, -0.2) is 0 Å². The number of fused-ring (bicyclic) bond motifs is 1. The molecule has 0 N–H and O–H groups in total. The van der Waals surface area contributed by atoms with Crippen LogP contribution in [-0.2, 0) is 0 Å². The molecule has 0 saturated heterocycles. The van der Waals surface area contributed by atoms with E-state index in [9.17, 15) is 0 Å². The number of aromatic nitrogens is 3. The minimum absolute atomic E-state index is 0.746. The van der Waals surface area contributed by atoms with Crippen LogP contribution in [0.25, 0.3) is 5.65 Å². The van der Waals surface area contributed by atoms with Crippen molar-refractivity contribution in [3.8, 4) is 0 Å². The largest absolute Gasteiger partial charge is 0.277 e. The molecule has 56 valence electrons. The summed E-state index contributed by atoms with van der Waals surface area (Å²) in [5.41, 5.74) is 2.03. The van der Waals surface area contributed by atoms with E-state index in [0.717, 1.165) is 15.9 Å². The molecule has 0 radical (unpaired) electrons. The summed E-state index contributed by atoms with van der Waals surface area (Å²) in [6.07, 6.45) is 1.92. The van der Waals surface area contributed by atoms with Gasteiger partial charge in [-0.05, 0) is 34.5 Å². The standard InChI is InChI=1S/C7H6BrN3/c1-5-3-2-4-11-6(5)9-10-7(11)8/h2-4H,1H3. The third kappa shape index (κ3) is 0.939. The molecule has 3 nitrogen and oxygen atoms in total. The molecule has 4 heteroatoms. The second-order valence-corrected chi connectivity index (χ2v) is 3.06. The monoisotopic (exact) mass is 211 g/mol. The highest BCUT2D eigenvalue weighted by atomic mass is 79.9. The van der Waals surface area contributed by atoms with E-state index < -0.39 is 0 Å². The van der Waals surface area contributed by atoms with Crippen LogP contribution in [0.3, 0.4) is 0 Å². The molecular weight excluding hydrogens is 206 g/mol. The van der Waals surface area contributed by atoms with Gasteiger partial charge in [0, 0.05) is 6.20 Å². The molecule has 0 unspecified atom stereocenters. The molecule has 2 aromatic heterocycles. The first kappa shape index (κ1) is 6.79. The van der Waals surface area contributed by atoms with E-state index >= 15 is 0 Å². The Morgan fingerprint density at radius 2 is 2.27 bits per heavy atom. The normalized spacial score (nSPS) is 10.7. The Bertz CT molecular complexity index is 393. The van der Waals surface area contributed by atoms with Crippen molar-refractivity contribution in [3.63, 3.8) is 0 Å². The van der Waals surface area contributed by atoms with Crippen LogP contribution in [0, 0.1) is 6.92 Å². The van der Waals surface area contributed by atoms with Crippen molar-refractivity contribution in [2.75, 3.05) is 0 Å². The van der Waals surface area contributed by atoms with E-state index in [1.807, 2.05) is 29.7 Å². The Labute approximate surface area is 72.2 Å². The number of aryl methyl sites for hydroxylation is 1. The van der Waals surface area contributed by atoms with Crippen molar-refractivity contribution in [1.29, 1.82) is 0 Å². The van der Waals surface area contributed by atoms with Crippen molar-refractivity contribution in [2.24, 2.45) is 0 Å². The van der Waals surface area contributed by atoms with Gasteiger partial charge in [-0.15, -0.1) is 10.2 Å². The Hall–Kier alpha value is -0.900. The van der Waals surface area contributed by atoms with Crippen LogP contribution >= 0.6 is 15.9 Å². The van der Waals surface area contributed by atoms with E-state index in [1.54, 1.807) is 0 Å². The minimum Gasteiger partial charge on any atom is -0.277 e. The minimum atomic E-state index is 0.746. The lowest BCUT2D eigenvalue weighted by atomic mass is 10.3. The fraction of sp³-hybridized carbons (Fsp3) is 0.143. The molecule has 0 aliphatic heterocycles. The predicted molar refractivity (Wildman–Crippen MR) is 45.4 cm³/mol. The van der Waals surface area contributed by atoms with Crippen LogP contribution in [-0.4, -0.2) is 14.6 Å².